The van der Waals surface area contributed by atoms with E-state index in [1.807, 2.05) is 12.1 Å². The molecule has 2 aromatic heterocycles. The summed E-state index contributed by atoms with van der Waals surface area (Å²) in [4.78, 5) is 20.4. The van der Waals surface area contributed by atoms with E-state index in [9.17, 15) is 18.0 Å². The van der Waals surface area contributed by atoms with Crippen LogP contribution < -0.4 is 15.4 Å². The fourth-order valence-electron chi connectivity index (χ4n) is 2.23. The predicted molar refractivity (Wildman–Crippen MR) is 98.3 cm³/mol. The maximum atomic E-state index is 12.2. The Balaban J connectivity index is 1.50. The van der Waals surface area contributed by atoms with Gasteiger partial charge in [-0.05, 0) is 36.4 Å². The number of nitrogens with one attached hydrogen (secondary N) is 2. The van der Waals surface area contributed by atoms with Crippen molar-refractivity contribution < 1.29 is 22.7 Å². The van der Waals surface area contributed by atoms with Gasteiger partial charge >= 0.3 is 6.36 Å². The summed E-state index contributed by atoms with van der Waals surface area (Å²) < 4.78 is 40.3. The molecular weight excluding hydrogens is 393 g/mol. The van der Waals surface area contributed by atoms with Crippen molar-refractivity contribution in [1.29, 1.82) is 0 Å². The molecule has 0 bridgehead atoms. The van der Waals surface area contributed by atoms with Crippen LogP contribution in [0.5, 0.6) is 5.75 Å². The summed E-state index contributed by atoms with van der Waals surface area (Å²) in [5, 5.41) is 8.01. The van der Waals surface area contributed by atoms with Gasteiger partial charge in [0.15, 0.2) is 5.13 Å². The van der Waals surface area contributed by atoms with Gasteiger partial charge in [-0.2, -0.15) is 0 Å². The van der Waals surface area contributed by atoms with Crippen LogP contribution in [0.1, 0.15) is 11.4 Å². The molecule has 1 aromatic carbocycles. The van der Waals surface area contributed by atoms with Crippen molar-refractivity contribution in [2.75, 3.05) is 5.32 Å². The standard InChI is InChI=1S/C18H15F3N4O2S/c19-18(20,21)27-15-6-4-12(5-7-15)24-17-25-14(11-28-17)9-16(26)23-10-13-3-1-2-8-22-13/h1-8,11H,9-10H2,(H,23,26)(H,24,25). The molecule has 6 nitrogen and oxygen atoms in total. The van der Waals surface area contributed by atoms with Gasteiger partial charge in [0.05, 0.1) is 24.4 Å². The second-order valence-electron chi connectivity index (χ2n) is 5.62. The van der Waals surface area contributed by atoms with Crippen LogP contribution in [0.15, 0.2) is 54.0 Å². The van der Waals surface area contributed by atoms with Crippen molar-refractivity contribution in [1.82, 2.24) is 15.3 Å². The number of aromatic nitrogens is 2. The molecule has 1 amide bonds. The molecule has 146 valence electrons. The summed E-state index contributed by atoms with van der Waals surface area (Å²) in [6.07, 6.45) is -2.96. The van der Waals surface area contributed by atoms with E-state index in [-0.39, 0.29) is 18.1 Å². The largest absolute Gasteiger partial charge is 0.573 e. The number of pyridine rings is 1. The topological polar surface area (TPSA) is 76.1 Å². The summed E-state index contributed by atoms with van der Waals surface area (Å²) in [7, 11) is 0. The van der Waals surface area contributed by atoms with E-state index in [1.54, 1.807) is 17.6 Å². The summed E-state index contributed by atoms with van der Waals surface area (Å²) in [6.45, 7) is 0.335. The zero-order valence-corrected chi connectivity index (χ0v) is 15.2. The van der Waals surface area contributed by atoms with Crippen molar-refractivity contribution in [2.45, 2.75) is 19.3 Å². The van der Waals surface area contributed by atoms with E-state index < -0.39 is 6.36 Å². The van der Waals surface area contributed by atoms with Gasteiger partial charge < -0.3 is 15.4 Å². The van der Waals surface area contributed by atoms with Crippen molar-refractivity contribution in [3.63, 3.8) is 0 Å². The number of carbonyl (C=O) groups is 1. The van der Waals surface area contributed by atoms with Crippen molar-refractivity contribution in [3.05, 3.63) is 65.4 Å². The van der Waals surface area contributed by atoms with Crippen molar-refractivity contribution in [2.24, 2.45) is 0 Å². The van der Waals surface area contributed by atoms with E-state index in [0.29, 0.717) is 23.1 Å². The summed E-state index contributed by atoms with van der Waals surface area (Å²) in [6, 6.07) is 10.8. The number of benzene rings is 1. The zero-order chi connectivity index (χ0) is 20.0. The van der Waals surface area contributed by atoms with Crippen molar-refractivity contribution >= 4 is 28.1 Å². The third-order valence-corrected chi connectivity index (χ3v) is 4.23. The highest BCUT2D eigenvalue weighted by Gasteiger charge is 2.30. The Morgan fingerprint density at radius 2 is 1.89 bits per heavy atom. The van der Waals surface area contributed by atoms with E-state index >= 15 is 0 Å². The average molecular weight is 408 g/mol. The van der Waals surface area contributed by atoms with Crippen LogP contribution in [0.4, 0.5) is 24.0 Å². The second-order valence-corrected chi connectivity index (χ2v) is 6.47. The first-order valence-electron chi connectivity index (χ1n) is 8.11. The zero-order valence-electron chi connectivity index (χ0n) is 14.4. The smallest absolute Gasteiger partial charge is 0.406 e. The van der Waals surface area contributed by atoms with Crippen LogP contribution in [0.3, 0.4) is 0 Å². The fraction of sp³-hybridized carbons (Fsp3) is 0.167. The van der Waals surface area contributed by atoms with Gasteiger partial charge in [-0.25, -0.2) is 4.98 Å². The first-order chi connectivity index (χ1) is 13.4. The first kappa shape index (κ1) is 19.6. The molecule has 0 spiro atoms. The van der Waals surface area contributed by atoms with Gasteiger partial charge in [0.25, 0.3) is 0 Å². The van der Waals surface area contributed by atoms with Crippen molar-refractivity contribution in [3.8, 4) is 5.75 Å². The van der Waals surface area contributed by atoms with Gasteiger partial charge in [-0.1, -0.05) is 6.07 Å². The monoisotopic (exact) mass is 408 g/mol. The minimum atomic E-state index is -4.73. The van der Waals surface area contributed by atoms with Gasteiger partial charge in [0, 0.05) is 17.3 Å². The number of amides is 1. The van der Waals surface area contributed by atoms with E-state index in [4.69, 9.17) is 0 Å². The molecule has 0 saturated heterocycles. The Bertz CT molecular complexity index is 915. The number of anilines is 2. The van der Waals surface area contributed by atoms with E-state index in [1.165, 1.54) is 35.6 Å². The van der Waals surface area contributed by atoms with Crippen LogP contribution in [-0.4, -0.2) is 22.2 Å². The van der Waals surface area contributed by atoms with Gasteiger partial charge in [0.2, 0.25) is 5.91 Å². The Morgan fingerprint density at radius 3 is 2.57 bits per heavy atom. The predicted octanol–water partition coefficient (Wildman–Crippen LogP) is 4.04. The summed E-state index contributed by atoms with van der Waals surface area (Å²) >= 11 is 1.29. The second kappa shape index (κ2) is 8.70. The molecule has 0 fully saturated rings. The molecule has 10 heteroatoms. The molecular formula is C18H15F3N4O2S. The Kier molecular flexibility index (Phi) is 6.09. The minimum absolute atomic E-state index is 0.114. The van der Waals surface area contributed by atoms with E-state index in [0.717, 1.165) is 5.69 Å². The number of halogens is 3. The molecule has 0 unspecified atom stereocenters. The molecule has 3 aromatic rings. The highest BCUT2D eigenvalue weighted by atomic mass is 32.1. The molecule has 0 radical (unpaired) electrons. The third kappa shape index (κ3) is 6.23. The molecule has 0 saturated carbocycles. The normalized spacial score (nSPS) is 11.1. The van der Waals surface area contributed by atoms with E-state index in [2.05, 4.69) is 25.3 Å². The number of rotatable bonds is 7. The molecule has 3 rings (SSSR count). The van der Waals surface area contributed by atoms with Gasteiger partial charge in [-0.3, -0.25) is 9.78 Å². The summed E-state index contributed by atoms with van der Waals surface area (Å²) in [5.74, 6) is -0.487. The Morgan fingerprint density at radius 1 is 1.11 bits per heavy atom. The highest BCUT2D eigenvalue weighted by molar-refractivity contribution is 7.13. The number of alkyl halides is 3. The quantitative estimate of drug-likeness (QED) is 0.617. The van der Waals surface area contributed by atoms with Gasteiger partial charge in [0.1, 0.15) is 5.75 Å². The SMILES string of the molecule is O=C(Cc1csc(Nc2ccc(OC(F)(F)F)cc2)n1)NCc1ccccn1. The van der Waals surface area contributed by atoms with Crippen LogP contribution in [0, 0.1) is 0 Å². The number of hydrogen-bond acceptors (Lipinski definition) is 6. The minimum Gasteiger partial charge on any atom is -0.406 e. The number of ether oxygens (including phenoxy) is 1. The lowest BCUT2D eigenvalue weighted by molar-refractivity contribution is -0.274. The van der Waals surface area contributed by atoms with Crippen LogP contribution in [0.2, 0.25) is 0 Å². The maximum absolute atomic E-state index is 12.2. The van der Waals surface area contributed by atoms with Crippen LogP contribution in [0.25, 0.3) is 0 Å². The van der Waals surface area contributed by atoms with Crippen LogP contribution >= 0.6 is 11.3 Å². The fourth-order valence-corrected chi connectivity index (χ4v) is 2.96. The molecule has 0 aliphatic heterocycles. The number of nitrogens with zero attached hydrogens (tertiary/aromatic N) is 2. The molecule has 2 heterocycles. The first-order valence-corrected chi connectivity index (χ1v) is 8.99. The number of hydrogen-bond donors (Lipinski definition) is 2. The highest BCUT2D eigenvalue weighted by Crippen LogP contribution is 2.26. The lowest BCUT2D eigenvalue weighted by Gasteiger charge is -2.09. The molecule has 0 atom stereocenters. The number of carbonyl (C=O) groups excluding carboxylic acids is 1. The lowest BCUT2D eigenvalue weighted by Crippen LogP contribution is -2.25. The molecule has 28 heavy (non-hydrogen) atoms. The Hall–Kier alpha value is -3.14. The molecule has 2 N–H and O–H groups in total. The average Bonchev–Trinajstić information content (AvgIpc) is 3.08. The Labute approximate surface area is 162 Å². The van der Waals surface area contributed by atoms with Gasteiger partial charge in [-0.15, -0.1) is 24.5 Å². The lowest BCUT2D eigenvalue weighted by atomic mass is 10.3. The maximum Gasteiger partial charge on any atom is 0.573 e. The molecule has 0 aliphatic carbocycles. The third-order valence-electron chi connectivity index (χ3n) is 3.43. The summed E-state index contributed by atoms with van der Waals surface area (Å²) in [5.41, 5.74) is 1.90. The van der Waals surface area contributed by atoms with Crippen LogP contribution in [-0.2, 0) is 17.8 Å². The molecule has 0 aliphatic rings. The number of thiazole rings is 1.